The van der Waals surface area contributed by atoms with Crippen molar-refractivity contribution < 1.29 is 14.3 Å². The van der Waals surface area contributed by atoms with E-state index in [1.54, 1.807) is 19.1 Å². The first-order chi connectivity index (χ1) is 8.38. The topological polar surface area (TPSA) is 72.6 Å². The first-order valence-corrected chi connectivity index (χ1v) is 6.45. The van der Waals surface area contributed by atoms with Crippen molar-refractivity contribution in [2.75, 3.05) is 14.2 Å². The predicted octanol–water partition coefficient (Wildman–Crippen LogP) is 1.16. The summed E-state index contributed by atoms with van der Waals surface area (Å²) in [6, 6.07) is -0.125. The lowest BCUT2D eigenvalue weighted by Crippen LogP contribution is -2.50. The fourth-order valence-electron chi connectivity index (χ4n) is 2.20. The number of hydrogen-bond donors (Lipinski definition) is 1. The third-order valence-corrected chi connectivity index (χ3v) is 3.46. The lowest BCUT2D eigenvalue weighted by atomic mass is 9.91. The number of carbonyl (C=O) groups excluding carboxylic acids is 2. The van der Waals surface area contributed by atoms with Crippen LogP contribution in [0.15, 0.2) is 0 Å². The Bertz CT molecular complexity index is 281. The van der Waals surface area contributed by atoms with E-state index in [4.69, 9.17) is 10.5 Å². The number of nitrogens with zero attached hydrogens (tertiary/aromatic N) is 1. The van der Waals surface area contributed by atoms with E-state index in [-0.39, 0.29) is 30.4 Å². The molecular formula is C13H26N2O3. The summed E-state index contributed by atoms with van der Waals surface area (Å²) in [5.41, 5.74) is 5.23. The van der Waals surface area contributed by atoms with Gasteiger partial charge in [0, 0.05) is 20.6 Å². The van der Waals surface area contributed by atoms with Gasteiger partial charge < -0.3 is 15.4 Å². The third kappa shape index (κ3) is 4.64. The van der Waals surface area contributed by atoms with Crippen LogP contribution in [-0.4, -0.2) is 43.0 Å². The summed E-state index contributed by atoms with van der Waals surface area (Å²) in [7, 11) is 3.31. The summed E-state index contributed by atoms with van der Waals surface area (Å²) in [4.78, 5) is 24.6. The van der Waals surface area contributed by atoms with Gasteiger partial charge in [-0.25, -0.2) is 0 Å². The molecule has 106 valence electrons. The molecule has 0 radical (unpaired) electrons. The summed E-state index contributed by atoms with van der Waals surface area (Å²) in [5.74, 6) is -0.117. The van der Waals surface area contributed by atoms with E-state index in [9.17, 15) is 9.59 Å². The van der Waals surface area contributed by atoms with Crippen molar-refractivity contribution in [2.45, 2.75) is 52.2 Å². The molecule has 0 heterocycles. The molecule has 18 heavy (non-hydrogen) atoms. The summed E-state index contributed by atoms with van der Waals surface area (Å²) in [6.07, 6.45) is 1.13. The molecule has 0 spiro atoms. The summed E-state index contributed by atoms with van der Waals surface area (Å²) in [5, 5.41) is 0. The molecule has 0 aromatic carbocycles. The van der Waals surface area contributed by atoms with Crippen LogP contribution >= 0.6 is 0 Å². The summed E-state index contributed by atoms with van der Waals surface area (Å²) < 4.78 is 5.37. The number of ether oxygens (including phenoxy) is 1. The smallest absolute Gasteiger partial charge is 0.222 e. The van der Waals surface area contributed by atoms with Crippen molar-refractivity contribution in [2.24, 2.45) is 11.7 Å². The lowest BCUT2D eigenvalue weighted by molar-refractivity contribution is -0.138. The van der Waals surface area contributed by atoms with Crippen molar-refractivity contribution >= 4 is 11.8 Å². The molecule has 0 rings (SSSR count). The minimum Gasteiger partial charge on any atom is -0.379 e. The van der Waals surface area contributed by atoms with Gasteiger partial charge >= 0.3 is 0 Å². The molecule has 2 amide bonds. The maximum atomic E-state index is 11.8. The molecule has 0 aliphatic rings. The second kappa shape index (κ2) is 8.08. The van der Waals surface area contributed by atoms with Crippen LogP contribution in [0.5, 0.6) is 0 Å². The number of carbonyl (C=O) groups is 2. The van der Waals surface area contributed by atoms with Gasteiger partial charge in [-0.3, -0.25) is 9.59 Å². The standard InChI is InChI=1S/C13H26N2O3/c1-6-9(3)13(15(4)12(17)7-2)10(18-5)8-11(14)16/h9-10,13H,6-8H2,1-5H3,(H2,14,16)/t9-,10+,13-/m0/s1. The Hall–Kier alpha value is -1.10. The molecule has 5 heteroatoms. The molecule has 5 nitrogen and oxygen atoms in total. The molecular weight excluding hydrogens is 232 g/mol. The van der Waals surface area contributed by atoms with E-state index < -0.39 is 5.91 Å². The van der Waals surface area contributed by atoms with Crippen molar-refractivity contribution in [3.05, 3.63) is 0 Å². The summed E-state index contributed by atoms with van der Waals surface area (Å²) >= 11 is 0. The molecule has 0 aliphatic heterocycles. The molecule has 0 saturated carbocycles. The van der Waals surface area contributed by atoms with Crippen molar-refractivity contribution in [3.8, 4) is 0 Å². The van der Waals surface area contributed by atoms with Gasteiger partial charge in [0.25, 0.3) is 0 Å². The van der Waals surface area contributed by atoms with E-state index >= 15 is 0 Å². The highest BCUT2D eigenvalue weighted by molar-refractivity contribution is 5.77. The van der Waals surface area contributed by atoms with Gasteiger partial charge in [-0.05, 0) is 5.92 Å². The van der Waals surface area contributed by atoms with Crippen molar-refractivity contribution in [1.82, 2.24) is 4.90 Å². The Balaban J connectivity index is 5.05. The lowest BCUT2D eigenvalue weighted by Gasteiger charge is -2.37. The van der Waals surface area contributed by atoms with Crippen molar-refractivity contribution in [3.63, 3.8) is 0 Å². The molecule has 0 aromatic heterocycles. The normalized spacial score (nSPS) is 15.8. The molecule has 0 aromatic rings. The highest BCUT2D eigenvalue weighted by atomic mass is 16.5. The second-order valence-electron chi connectivity index (χ2n) is 4.68. The van der Waals surface area contributed by atoms with E-state index in [0.29, 0.717) is 6.42 Å². The Kier molecular flexibility index (Phi) is 7.59. The molecule has 0 unspecified atom stereocenters. The van der Waals surface area contributed by atoms with Gasteiger partial charge in [0.05, 0.1) is 18.6 Å². The Labute approximate surface area is 110 Å². The number of primary amides is 1. The largest absolute Gasteiger partial charge is 0.379 e. The SMILES string of the molecule is CCC(=O)N(C)[C@@H]([C@@H](C)CC)[C@@H](CC(N)=O)OC. The molecule has 3 atom stereocenters. The molecule has 0 aliphatic carbocycles. The van der Waals surface area contributed by atoms with E-state index in [1.165, 1.54) is 0 Å². The monoisotopic (exact) mass is 258 g/mol. The van der Waals surface area contributed by atoms with Gasteiger partial charge in [-0.15, -0.1) is 0 Å². The van der Waals surface area contributed by atoms with Crippen LogP contribution in [0.25, 0.3) is 0 Å². The molecule has 0 saturated heterocycles. The van der Waals surface area contributed by atoms with Crippen LogP contribution in [0, 0.1) is 5.92 Å². The van der Waals surface area contributed by atoms with E-state index in [1.807, 2.05) is 6.92 Å². The first kappa shape index (κ1) is 16.9. The second-order valence-corrected chi connectivity index (χ2v) is 4.68. The Morgan fingerprint density at radius 1 is 1.33 bits per heavy atom. The molecule has 2 N–H and O–H groups in total. The number of likely N-dealkylation sites (N-methyl/N-ethyl adjacent to an activating group) is 1. The van der Waals surface area contributed by atoms with Crippen LogP contribution in [0.1, 0.15) is 40.0 Å². The zero-order chi connectivity index (χ0) is 14.3. The van der Waals surface area contributed by atoms with Gasteiger partial charge in [-0.2, -0.15) is 0 Å². The highest BCUT2D eigenvalue weighted by Crippen LogP contribution is 2.21. The minimum atomic E-state index is -0.410. The number of nitrogens with two attached hydrogens (primary N) is 1. The molecule has 0 fully saturated rings. The molecule has 0 bridgehead atoms. The quantitative estimate of drug-likeness (QED) is 0.710. The van der Waals surface area contributed by atoms with Crippen LogP contribution in [0.2, 0.25) is 0 Å². The first-order valence-electron chi connectivity index (χ1n) is 6.45. The van der Waals surface area contributed by atoms with Gasteiger partial charge in [0.1, 0.15) is 0 Å². The Morgan fingerprint density at radius 3 is 2.22 bits per heavy atom. The van der Waals surface area contributed by atoms with Crippen LogP contribution < -0.4 is 5.73 Å². The van der Waals surface area contributed by atoms with Crippen LogP contribution in [0.3, 0.4) is 0 Å². The fraction of sp³-hybridized carbons (Fsp3) is 0.846. The van der Waals surface area contributed by atoms with Crippen LogP contribution in [0.4, 0.5) is 0 Å². The Morgan fingerprint density at radius 2 is 1.89 bits per heavy atom. The maximum Gasteiger partial charge on any atom is 0.222 e. The van der Waals surface area contributed by atoms with E-state index in [0.717, 1.165) is 6.42 Å². The van der Waals surface area contributed by atoms with Gasteiger partial charge in [0.15, 0.2) is 0 Å². The van der Waals surface area contributed by atoms with Gasteiger partial charge in [-0.1, -0.05) is 27.2 Å². The number of hydrogen-bond acceptors (Lipinski definition) is 3. The van der Waals surface area contributed by atoms with Gasteiger partial charge in [0.2, 0.25) is 11.8 Å². The number of methoxy groups -OCH3 is 1. The number of rotatable bonds is 8. The number of amides is 2. The average Bonchev–Trinajstić information content (AvgIpc) is 2.35. The summed E-state index contributed by atoms with van der Waals surface area (Å²) in [6.45, 7) is 5.93. The zero-order valence-electron chi connectivity index (χ0n) is 12.1. The average molecular weight is 258 g/mol. The van der Waals surface area contributed by atoms with Crippen LogP contribution in [-0.2, 0) is 14.3 Å². The fourth-order valence-corrected chi connectivity index (χ4v) is 2.20. The maximum absolute atomic E-state index is 11.8. The highest BCUT2D eigenvalue weighted by Gasteiger charge is 2.32. The predicted molar refractivity (Wildman–Crippen MR) is 70.9 cm³/mol. The minimum absolute atomic E-state index is 0.0480. The van der Waals surface area contributed by atoms with Crippen molar-refractivity contribution in [1.29, 1.82) is 0 Å². The third-order valence-electron chi connectivity index (χ3n) is 3.46. The zero-order valence-corrected chi connectivity index (χ0v) is 12.1. The van der Waals surface area contributed by atoms with E-state index in [2.05, 4.69) is 13.8 Å².